The monoisotopic (exact) mass is 405 g/mol. The van der Waals surface area contributed by atoms with Crippen molar-refractivity contribution in [1.82, 2.24) is 9.88 Å². The number of nitrogens with zero attached hydrogens (tertiary/aromatic N) is 2. The van der Waals surface area contributed by atoms with E-state index in [0.717, 1.165) is 28.3 Å². The molecule has 2 aromatic rings. The fourth-order valence-electron chi connectivity index (χ4n) is 3.00. The van der Waals surface area contributed by atoms with Crippen LogP contribution < -0.4 is 10.1 Å². The third-order valence-electron chi connectivity index (χ3n) is 4.43. The molecule has 6 nitrogen and oxygen atoms in total. The number of anilines is 1. The number of thioether (sulfide) groups is 1. The molecular formula is C19H23N3O3S2. The van der Waals surface area contributed by atoms with Crippen LogP contribution in [0.25, 0.3) is 11.3 Å². The Balaban J connectivity index is 1.75. The Morgan fingerprint density at radius 2 is 2.11 bits per heavy atom. The summed E-state index contributed by atoms with van der Waals surface area (Å²) < 4.78 is 5.47. The Hall–Kier alpha value is -2.06. The maximum absolute atomic E-state index is 12.7. The van der Waals surface area contributed by atoms with Gasteiger partial charge in [0.15, 0.2) is 5.13 Å². The standard InChI is InChI=1S/C19H23N3O3S2/c1-5-25-14-8-6-13(7-9-14)16-12(2)27-18(20-16)21-17(24)15-10-26-19(3,4)22(15)11-23/h6-9,11,15H,5,10H2,1-4H3,(H,20,21,24). The fraction of sp³-hybridized carbons (Fsp3) is 0.421. The zero-order valence-electron chi connectivity index (χ0n) is 15.8. The number of aromatic nitrogens is 1. The van der Waals surface area contributed by atoms with E-state index >= 15 is 0 Å². The molecule has 1 aromatic heterocycles. The second-order valence-electron chi connectivity index (χ2n) is 6.66. The molecule has 2 heterocycles. The highest BCUT2D eigenvalue weighted by molar-refractivity contribution is 8.00. The molecular weight excluding hydrogens is 382 g/mol. The lowest BCUT2D eigenvalue weighted by Gasteiger charge is -2.29. The van der Waals surface area contributed by atoms with Crippen LogP contribution in [0.3, 0.4) is 0 Å². The van der Waals surface area contributed by atoms with E-state index in [4.69, 9.17) is 4.74 Å². The van der Waals surface area contributed by atoms with Gasteiger partial charge in [-0.15, -0.1) is 23.1 Å². The molecule has 2 amide bonds. The molecule has 0 radical (unpaired) electrons. The van der Waals surface area contributed by atoms with Gasteiger partial charge >= 0.3 is 0 Å². The molecule has 1 aromatic carbocycles. The number of hydrogen-bond donors (Lipinski definition) is 1. The zero-order valence-corrected chi connectivity index (χ0v) is 17.4. The molecule has 144 valence electrons. The maximum atomic E-state index is 12.7. The molecule has 1 aliphatic heterocycles. The van der Waals surface area contributed by atoms with Crippen molar-refractivity contribution < 1.29 is 14.3 Å². The van der Waals surface area contributed by atoms with E-state index in [2.05, 4.69) is 10.3 Å². The fourth-order valence-corrected chi connectivity index (χ4v) is 5.03. The molecule has 0 spiro atoms. The van der Waals surface area contributed by atoms with E-state index < -0.39 is 6.04 Å². The van der Waals surface area contributed by atoms with E-state index in [1.165, 1.54) is 11.3 Å². The van der Waals surface area contributed by atoms with Crippen LogP contribution in [0.4, 0.5) is 5.13 Å². The molecule has 1 N–H and O–H groups in total. The number of thiazole rings is 1. The lowest BCUT2D eigenvalue weighted by Crippen LogP contribution is -2.47. The largest absolute Gasteiger partial charge is 0.494 e. The Morgan fingerprint density at radius 3 is 2.74 bits per heavy atom. The molecule has 27 heavy (non-hydrogen) atoms. The number of rotatable bonds is 6. The molecule has 1 fully saturated rings. The van der Waals surface area contributed by atoms with E-state index in [-0.39, 0.29) is 10.8 Å². The Labute approximate surface area is 167 Å². The number of aryl methyl sites for hydroxylation is 1. The highest BCUT2D eigenvalue weighted by atomic mass is 32.2. The predicted molar refractivity (Wildman–Crippen MR) is 110 cm³/mol. The van der Waals surface area contributed by atoms with Crippen molar-refractivity contribution in [2.24, 2.45) is 0 Å². The molecule has 0 saturated carbocycles. The summed E-state index contributed by atoms with van der Waals surface area (Å²) in [6, 6.07) is 7.26. The molecule has 1 saturated heterocycles. The number of amides is 2. The van der Waals surface area contributed by atoms with Gasteiger partial charge in [-0.25, -0.2) is 4.98 Å². The summed E-state index contributed by atoms with van der Waals surface area (Å²) in [6.07, 6.45) is 0.753. The first-order chi connectivity index (χ1) is 12.9. The van der Waals surface area contributed by atoms with E-state index in [9.17, 15) is 9.59 Å². The number of benzene rings is 1. The van der Waals surface area contributed by atoms with Gasteiger partial charge in [0.2, 0.25) is 12.3 Å². The van der Waals surface area contributed by atoms with Crippen molar-refractivity contribution >= 4 is 40.5 Å². The first kappa shape index (κ1) is 19.7. The van der Waals surface area contributed by atoms with Crippen LogP contribution in [0.2, 0.25) is 0 Å². The van der Waals surface area contributed by atoms with Gasteiger partial charge in [-0.3, -0.25) is 9.59 Å². The second-order valence-corrected chi connectivity index (χ2v) is 9.48. The van der Waals surface area contributed by atoms with Crippen LogP contribution >= 0.6 is 23.1 Å². The van der Waals surface area contributed by atoms with Crippen molar-refractivity contribution in [2.45, 2.75) is 38.6 Å². The Bertz CT molecular complexity index is 833. The summed E-state index contributed by atoms with van der Waals surface area (Å²) in [6.45, 7) is 8.43. The van der Waals surface area contributed by atoms with Crippen molar-refractivity contribution in [3.63, 3.8) is 0 Å². The van der Waals surface area contributed by atoms with E-state index in [1.54, 1.807) is 16.7 Å². The molecule has 1 aliphatic rings. The normalized spacial score (nSPS) is 18.4. The SMILES string of the molecule is CCOc1ccc(-c2nc(NC(=O)C3CSC(C)(C)N3C=O)sc2C)cc1. The molecule has 1 atom stereocenters. The topological polar surface area (TPSA) is 71.5 Å². The number of carbonyl (C=O) groups is 2. The van der Waals surface area contributed by atoms with Gasteiger partial charge in [0, 0.05) is 16.2 Å². The number of nitrogens with one attached hydrogen (secondary N) is 1. The number of hydrogen-bond acceptors (Lipinski definition) is 6. The summed E-state index contributed by atoms with van der Waals surface area (Å²) in [5.74, 6) is 1.19. The Kier molecular flexibility index (Phi) is 5.76. The second kappa shape index (κ2) is 7.90. The zero-order chi connectivity index (χ0) is 19.6. The van der Waals surface area contributed by atoms with Gasteiger partial charge in [-0.2, -0.15) is 0 Å². The number of ether oxygens (including phenoxy) is 1. The van der Waals surface area contributed by atoms with Gasteiger partial charge in [0.1, 0.15) is 11.8 Å². The minimum atomic E-state index is -0.486. The first-order valence-electron chi connectivity index (χ1n) is 8.75. The van der Waals surface area contributed by atoms with Crippen LogP contribution in [0.15, 0.2) is 24.3 Å². The van der Waals surface area contributed by atoms with Gasteiger partial charge in [-0.1, -0.05) is 0 Å². The molecule has 0 aliphatic carbocycles. The molecule has 0 bridgehead atoms. The molecule has 3 rings (SSSR count). The summed E-state index contributed by atoms with van der Waals surface area (Å²) in [4.78, 5) is 30.9. The average molecular weight is 406 g/mol. The van der Waals surface area contributed by atoms with Crippen molar-refractivity contribution in [3.05, 3.63) is 29.1 Å². The highest BCUT2D eigenvalue weighted by Gasteiger charge is 2.43. The third-order valence-corrected chi connectivity index (χ3v) is 6.72. The van der Waals surface area contributed by atoms with Gasteiger partial charge in [0.25, 0.3) is 0 Å². The Morgan fingerprint density at radius 1 is 1.41 bits per heavy atom. The minimum absolute atomic E-state index is 0.202. The van der Waals surface area contributed by atoms with Crippen molar-refractivity contribution in [2.75, 3.05) is 17.7 Å². The minimum Gasteiger partial charge on any atom is -0.494 e. The summed E-state index contributed by atoms with van der Waals surface area (Å²) >= 11 is 3.03. The average Bonchev–Trinajstić information content (AvgIpc) is 3.14. The van der Waals surface area contributed by atoms with E-state index in [0.29, 0.717) is 17.5 Å². The lowest BCUT2D eigenvalue weighted by atomic mass is 10.1. The van der Waals surface area contributed by atoms with Gasteiger partial charge in [0.05, 0.1) is 17.2 Å². The smallest absolute Gasteiger partial charge is 0.249 e. The summed E-state index contributed by atoms with van der Waals surface area (Å²) in [5, 5.41) is 3.42. The van der Waals surface area contributed by atoms with Gasteiger partial charge < -0.3 is 15.0 Å². The van der Waals surface area contributed by atoms with Crippen LogP contribution in [0, 0.1) is 6.92 Å². The molecule has 8 heteroatoms. The summed E-state index contributed by atoms with van der Waals surface area (Å²) in [7, 11) is 0. The summed E-state index contributed by atoms with van der Waals surface area (Å²) in [5.41, 5.74) is 1.81. The van der Waals surface area contributed by atoms with Gasteiger partial charge in [-0.05, 0) is 52.0 Å². The van der Waals surface area contributed by atoms with E-state index in [1.807, 2.05) is 52.0 Å². The number of carbonyl (C=O) groups excluding carboxylic acids is 2. The van der Waals surface area contributed by atoms with Crippen LogP contribution in [-0.4, -0.2) is 45.5 Å². The highest BCUT2D eigenvalue weighted by Crippen LogP contribution is 2.38. The third kappa shape index (κ3) is 4.11. The maximum Gasteiger partial charge on any atom is 0.249 e. The van der Waals surface area contributed by atoms with Crippen molar-refractivity contribution in [1.29, 1.82) is 0 Å². The van der Waals surface area contributed by atoms with Crippen molar-refractivity contribution in [3.8, 4) is 17.0 Å². The van der Waals surface area contributed by atoms with Crippen LogP contribution in [0.5, 0.6) is 5.75 Å². The van der Waals surface area contributed by atoms with Crippen LogP contribution in [0.1, 0.15) is 25.6 Å². The predicted octanol–water partition coefficient (Wildman–Crippen LogP) is 3.77. The first-order valence-corrected chi connectivity index (χ1v) is 10.5. The lowest BCUT2D eigenvalue weighted by molar-refractivity contribution is -0.130. The van der Waals surface area contributed by atoms with Crippen LogP contribution in [-0.2, 0) is 9.59 Å². The molecule has 1 unspecified atom stereocenters. The quantitative estimate of drug-likeness (QED) is 0.741.